The van der Waals surface area contributed by atoms with Crippen LogP contribution < -0.4 is 4.74 Å². The van der Waals surface area contributed by atoms with Crippen LogP contribution in [0.3, 0.4) is 0 Å². The molecule has 2 nitrogen and oxygen atoms in total. The van der Waals surface area contributed by atoms with E-state index in [1.807, 2.05) is 0 Å². The van der Waals surface area contributed by atoms with E-state index in [1.165, 1.54) is 13.2 Å². The van der Waals surface area contributed by atoms with Gasteiger partial charge in [-0.3, -0.25) is 4.79 Å². The van der Waals surface area contributed by atoms with Gasteiger partial charge in [0.05, 0.1) is 12.7 Å². The highest BCUT2D eigenvalue weighted by Gasteiger charge is 2.12. The monoisotopic (exact) mass is 230 g/mol. The molecule has 86 valence electrons. The largest absolute Gasteiger partial charge is 0.496 e. The van der Waals surface area contributed by atoms with Gasteiger partial charge in [0.2, 0.25) is 0 Å². The third kappa shape index (κ3) is 2.04. The Morgan fingerprint density at radius 3 is 2.41 bits per heavy atom. The number of aldehydes is 1. The highest BCUT2D eigenvalue weighted by Crippen LogP contribution is 2.30. The van der Waals surface area contributed by atoms with Crippen molar-refractivity contribution in [1.82, 2.24) is 0 Å². The Balaban J connectivity index is 2.68. The van der Waals surface area contributed by atoms with E-state index in [2.05, 4.69) is 0 Å². The molecule has 2 aromatic rings. The zero-order chi connectivity index (χ0) is 12.3. The average Bonchev–Trinajstić information content (AvgIpc) is 2.38. The number of ether oxygens (including phenoxy) is 1. The van der Waals surface area contributed by atoms with E-state index in [4.69, 9.17) is 4.74 Å². The van der Waals surface area contributed by atoms with Crippen molar-refractivity contribution in [1.29, 1.82) is 0 Å². The van der Waals surface area contributed by atoms with Crippen LogP contribution in [-0.2, 0) is 0 Å². The fourth-order valence-electron chi connectivity index (χ4n) is 1.76. The molecular weight excluding hydrogens is 219 g/mol. The van der Waals surface area contributed by atoms with Crippen molar-refractivity contribution in [3.63, 3.8) is 0 Å². The van der Waals surface area contributed by atoms with E-state index in [9.17, 15) is 9.18 Å². The first kappa shape index (κ1) is 11.3. The Morgan fingerprint density at radius 2 is 1.76 bits per heavy atom. The zero-order valence-electron chi connectivity index (χ0n) is 9.31. The minimum absolute atomic E-state index is 0.358. The maximum Gasteiger partial charge on any atom is 0.154 e. The molecule has 0 atom stereocenters. The van der Waals surface area contributed by atoms with Crippen LogP contribution in [0.1, 0.15) is 10.4 Å². The zero-order valence-corrected chi connectivity index (χ0v) is 9.31. The molecule has 17 heavy (non-hydrogen) atoms. The second-order valence-corrected chi connectivity index (χ2v) is 3.52. The molecule has 0 unspecified atom stereocenters. The second-order valence-electron chi connectivity index (χ2n) is 3.52. The van der Waals surface area contributed by atoms with Crippen LogP contribution in [0.5, 0.6) is 5.75 Å². The van der Waals surface area contributed by atoms with Crippen LogP contribution >= 0.6 is 0 Å². The van der Waals surface area contributed by atoms with Gasteiger partial charge >= 0.3 is 0 Å². The second kappa shape index (κ2) is 4.78. The molecule has 0 bridgehead atoms. The van der Waals surface area contributed by atoms with Crippen LogP contribution in [0.2, 0.25) is 0 Å². The van der Waals surface area contributed by atoms with Gasteiger partial charge in [0, 0.05) is 5.56 Å². The summed E-state index contributed by atoms with van der Waals surface area (Å²) in [5.41, 5.74) is 1.30. The van der Waals surface area contributed by atoms with Crippen LogP contribution in [0, 0.1) is 5.82 Å². The summed E-state index contributed by atoms with van der Waals surface area (Å²) in [5, 5.41) is 0. The molecule has 2 rings (SSSR count). The van der Waals surface area contributed by atoms with Crippen molar-refractivity contribution in [2.24, 2.45) is 0 Å². The lowest BCUT2D eigenvalue weighted by molar-refractivity contribution is 0.112. The highest BCUT2D eigenvalue weighted by molar-refractivity contribution is 5.91. The van der Waals surface area contributed by atoms with Gasteiger partial charge in [-0.25, -0.2) is 4.39 Å². The van der Waals surface area contributed by atoms with Gasteiger partial charge in [-0.1, -0.05) is 30.3 Å². The Kier molecular flexibility index (Phi) is 3.19. The Morgan fingerprint density at radius 1 is 1.06 bits per heavy atom. The van der Waals surface area contributed by atoms with Crippen molar-refractivity contribution >= 4 is 6.29 Å². The van der Waals surface area contributed by atoms with Gasteiger partial charge in [0.15, 0.2) is 6.29 Å². The Bertz CT molecular complexity index is 550. The summed E-state index contributed by atoms with van der Waals surface area (Å²) >= 11 is 0. The van der Waals surface area contributed by atoms with E-state index < -0.39 is 0 Å². The van der Waals surface area contributed by atoms with Crippen molar-refractivity contribution < 1.29 is 13.9 Å². The van der Waals surface area contributed by atoms with E-state index in [0.717, 1.165) is 0 Å². The van der Waals surface area contributed by atoms with E-state index in [0.29, 0.717) is 28.7 Å². The average molecular weight is 230 g/mol. The summed E-state index contributed by atoms with van der Waals surface area (Å²) in [6.45, 7) is 0. The maximum atomic E-state index is 13.7. The Hall–Kier alpha value is -2.16. The molecule has 2 aromatic carbocycles. The van der Waals surface area contributed by atoms with E-state index >= 15 is 0 Å². The van der Waals surface area contributed by atoms with Crippen LogP contribution in [0.25, 0.3) is 11.1 Å². The highest BCUT2D eigenvalue weighted by atomic mass is 19.1. The molecule has 0 aromatic heterocycles. The Labute approximate surface area is 98.7 Å². The first-order valence-corrected chi connectivity index (χ1v) is 5.15. The molecule has 0 amide bonds. The first-order valence-electron chi connectivity index (χ1n) is 5.15. The molecule has 0 fully saturated rings. The van der Waals surface area contributed by atoms with Gasteiger partial charge < -0.3 is 4.74 Å². The van der Waals surface area contributed by atoms with Crippen LogP contribution in [-0.4, -0.2) is 13.4 Å². The number of hydrogen-bond donors (Lipinski definition) is 0. The third-order valence-corrected chi connectivity index (χ3v) is 2.57. The lowest BCUT2D eigenvalue weighted by Crippen LogP contribution is -1.95. The minimum Gasteiger partial charge on any atom is -0.496 e. The normalized spacial score (nSPS) is 10.0. The molecule has 0 radical (unpaired) electrons. The maximum absolute atomic E-state index is 13.7. The number of benzene rings is 2. The van der Waals surface area contributed by atoms with Gasteiger partial charge in [-0.15, -0.1) is 0 Å². The molecule has 0 heterocycles. The van der Waals surface area contributed by atoms with Crippen molar-refractivity contribution in [2.75, 3.05) is 7.11 Å². The predicted octanol–water partition coefficient (Wildman–Crippen LogP) is 3.31. The van der Waals surface area contributed by atoms with Crippen LogP contribution in [0.4, 0.5) is 4.39 Å². The SMILES string of the molecule is COc1cccc(-c2ccccc2F)c1C=O. The molecule has 3 heteroatoms. The van der Waals surface area contributed by atoms with Gasteiger partial charge in [-0.05, 0) is 17.7 Å². The predicted molar refractivity (Wildman–Crippen MR) is 63.8 cm³/mol. The van der Waals surface area contributed by atoms with E-state index in [1.54, 1.807) is 36.4 Å². The van der Waals surface area contributed by atoms with Gasteiger partial charge in [0.1, 0.15) is 11.6 Å². The minimum atomic E-state index is -0.358. The quantitative estimate of drug-likeness (QED) is 0.756. The van der Waals surface area contributed by atoms with Crippen molar-refractivity contribution in [3.8, 4) is 16.9 Å². The summed E-state index contributed by atoms with van der Waals surface area (Å²) in [4.78, 5) is 11.1. The molecule has 0 saturated heterocycles. The number of carbonyl (C=O) groups is 1. The van der Waals surface area contributed by atoms with Gasteiger partial charge in [0.25, 0.3) is 0 Å². The summed E-state index contributed by atoms with van der Waals surface area (Å²) in [6, 6.07) is 11.4. The number of rotatable bonds is 3. The summed E-state index contributed by atoms with van der Waals surface area (Å²) in [6.07, 6.45) is 0.681. The van der Waals surface area contributed by atoms with Gasteiger partial charge in [-0.2, -0.15) is 0 Å². The molecule has 0 saturated carbocycles. The smallest absolute Gasteiger partial charge is 0.154 e. The fourth-order valence-corrected chi connectivity index (χ4v) is 1.76. The molecule has 0 aliphatic heterocycles. The topological polar surface area (TPSA) is 26.3 Å². The summed E-state index contributed by atoms with van der Waals surface area (Å²) in [5.74, 6) is 0.0876. The summed E-state index contributed by atoms with van der Waals surface area (Å²) < 4.78 is 18.8. The molecule has 0 N–H and O–H groups in total. The van der Waals surface area contributed by atoms with Crippen molar-refractivity contribution in [2.45, 2.75) is 0 Å². The molecule has 0 spiro atoms. The van der Waals surface area contributed by atoms with E-state index in [-0.39, 0.29) is 5.82 Å². The van der Waals surface area contributed by atoms with Crippen LogP contribution in [0.15, 0.2) is 42.5 Å². The number of methoxy groups -OCH3 is 1. The standard InChI is InChI=1S/C14H11FO2/c1-17-14-8-4-6-10(12(14)9-16)11-5-2-3-7-13(11)15/h2-9H,1H3. The first-order chi connectivity index (χ1) is 8.27. The number of hydrogen-bond acceptors (Lipinski definition) is 2. The van der Waals surface area contributed by atoms with Crippen molar-refractivity contribution in [3.05, 3.63) is 53.8 Å². The summed E-state index contributed by atoms with van der Waals surface area (Å²) in [7, 11) is 1.48. The third-order valence-electron chi connectivity index (χ3n) is 2.57. The molecule has 0 aliphatic rings. The molecular formula is C14H11FO2. The lowest BCUT2D eigenvalue weighted by Gasteiger charge is -2.09. The number of carbonyl (C=O) groups excluding carboxylic acids is 1. The fraction of sp³-hybridized carbons (Fsp3) is 0.0714. The number of halogens is 1. The molecule has 0 aliphatic carbocycles. The lowest BCUT2D eigenvalue weighted by atomic mass is 9.99.